The van der Waals surface area contributed by atoms with Crippen molar-refractivity contribution in [3.63, 3.8) is 0 Å². The Balaban J connectivity index is 1.52. The van der Waals surface area contributed by atoms with E-state index in [-0.39, 0.29) is 30.9 Å². The fourth-order valence-electron chi connectivity index (χ4n) is 2.36. The van der Waals surface area contributed by atoms with Gasteiger partial charge in [0.25, 0.3) is 0 Å². The zero-order valence-corrected chi connectivity index (χ0v) is 13.8. The molecule has 1 unspecified atom stereocenters. The third-order valence-corrected chi connectivity index (χ3v) is 5.26. The molecule has 0 bridgehead atoms. The van der Waals surface area contributed by atoms with E-state index in [0.29, 0.717) is 13.2 Å². The summed E-state index contributed by atoms with van der Waals surface area (Å²) in [4.78, 5) is 11.5. The molecule has 0 aromatic carbocycles. The second-order valence-electron chi connectivity index (χ2n) is 6.08. The molecule has 8 heteroatoms. The predicted octanol–water partition coefficient (Wildman–Crippen LogP) is -0.409. The van der Waals surface area contributed by atoms with Crippen molar-refractivity contribution in [1.82, 2.24) is 15.4 Å². The van der Waals surface area contributed by atoms with Gasteiger partial charge in [0.05, 0.1) is 18.4 Å². The van der Waals surface area contributed by atoms with Crippen LogP contribution in [0.3, 0.4) is 0 Å². The van der Waals surface area contributed by atoms with Crippen molar-refractivity contribution in [2.24, 2.45) is 5.92 Å². The molecule has 1 saturated heterocycles. The first-order chi connectivity index (χ1) is 10.6. The molecule has 2 rings (SSSR count). The van der Waals surface area contributed by atoms with Gasteiger partial charge in [-0.25, -0.2) is 13.1 Å². The molecule has 0 aromatic heterocycles. The molecule has 128 valence electrons. The first kappa shape index (κ1) is 17.7. The minimum absolute atomic E-state index is 0.0234. The van der Waals surface area contributed by atoms with Crippen LogP contribution in [0, 0.1) is 5.92 Å². The predicted molar refractivity (Wildman–Crippen MR) is 84.0 cm³/mol. The number of nitrogens with one attached hydrogen (secondary N) is 3. The van der Waals surface area contributed by atoms with Gasteiger partial charge in [-0.3, -0.25) is 4.79 Å². The topological polar surface area (TPSA) is 96.5 Å². The van der Waals surface area contributed by atoms with Crippen molar-refractivity contribution in [1.29, 1.82) is 0 Å². The zero-order valence-electron chi connectivity index (χ0n) is 13.0. The monoisotopic (exact) mass is 333 g/mol. The van der Waals surface area contributed by atoms with Crippen LogP contribution in [0.25, 0.3) is 0 Å². The zero-order chi connectivity index (χ0) is 15.8. The van der Waals surface area contributed by atoms with Gasteiger partial charge in [-0.2, -0.15) is 0 Å². The maximum atomic E-state index is 11.8. The van der Waals surface area contributed by atoms with Crippen molar-refractivity contribution in [2.75, 3.05) is 38.5 Å². The molecule has 0 spiro atoms. The SMILES string of the molecule is O=C(CNCC1CC1)NCCS(=O)(=O)NCC1CCCCO1. The van der Waals surface area contributed by atoms with Gasteiger partial charge in [-0.1, -0.05) is 0 Å². The lowest BCUT2D eigenvalue weighted by Crippen LogP contribution is -2.41. The molecule has 3 N–H and O–H groups in total. The molecule has 1 atom stereocenters. The number of carbonyl (C=O) groups is 1. The molecule has 7 nitrogen and oxygen atoms in total. The van der Waals surface area contributed by atoms with E-state index in [1.165, 1.54) is 12.8 Å². The van der Waals surface area contributed by atoms with Crippen LogP contribution < -0.4 is 15.4 Å². The molecule has 2 aliphatic rings. The average molecular weight is 333 g/mol. The lowest BCUT2D eigenvalue weighted by atomic mass is 10.1. The van der Waals surface area contributed by atoms with Crippen LogP contribution in [-0.4, -0.2) is 59.0 Å². The van der Waals surface area contributed by atoms with E-state index in [9.17, 15) is 13.2 Å². The van der Waals surface area contributed by atoms with Crippen LogP contribution >= 0.6 is 0 Å². The van der Waals surface area contributed by atoms with E-state index in [1.54, 1.807) is 0 Å². The Bertz CT molecular complexity index is 445. The van der Waals surface area contributed by atoms with Crippen molar-refractivity contribution < 1.29 is 17.9 Å². The lowest BCUT2D eigenvalue weighted by molar-refractivity contribution is -0.120. The van der Waals surface area contributed by atoms with Crippen LogP contribution in [0.2, 0.25) is 0 Å². The highest BCUT2D eigenvalue weighted by molar-refractivity contribution is 7.89. The molecule has 0 radical (unpaired) electrons. The molecule has 1 aliphatic heterocycles. The Morgan fingerprint density at radius 2 is 1.95 bits per heavy atom. The summed E-state index contributed by atoms with van der Waals surface area (Å²) in [5.74, 6) is 0.458. The third-order valence-electron chi connectivity index (χ3n) is 3.91. The number of sulfonamides is 1. The molecule has 1 saturated carbocycles. The van der Waals surface area contributed by atoms with Crippen LogP contribution in [-0.2, 0) is 19.6 Å². The van der Waals surface area contributed by atoms with Gasteiger partial charge in [-0.15, -0.1) is 0 Å². The summed E-state index contributed by atoms with van der Waals surface area (Å²) in [7, 11) is -3.37. The second-order valence-corrected chi connectivity index (χ2v) is 8.01. The van der Waals surface area contributed by atoms with Crippen molar-refractivity contribution in [3.8, 4) is 0 Å². The van der Waals surface area contributed by atoms with Crippen molar-refractivity contribution in [2.45, 2.75) is 38.2 Å². The van der Waals surface area contributed by atoms with Crippen LogP contribution in [0.15, 0.2) is 0 Å². The fourth-order valence-corrected chi connectivity index (χ4v) is 3.31. The largest absolute Gasteiger partial charge is 0.377 e. The Morgan fingerprint density at radius 1 is 1.14 bits per heavy atom. The maximum Gasteiger partial charge on any atom is 0.233 e. The Labute approximate surface area is 132 Å². The number of hydrogen-bond donors (Lipinski definition) is 3. The first-order valence-electron chi connectivity index (χ1n) is 8.11. The van der Waals surface area contributed by atoms with Crippen LogP contribution in [0.5, 0.6) is 0 Å². The summed E-state index contributed by atoms with van der Waals surface area (Å²) in [5.41, 5.74) is 0. The number of ether oxygens (including phenoxy) is 1. The summed E-state index contributed by atoms with van der Waals surface area (Å²) < 4.78 is 31.7. The molecule has 22 heavy (non-hydrogen) atoms. The van der Waals surface area contributed by atoms with E-state index in [0.717, 1.165) is 31.7 Å². The molecular formula is C14H27N3O4S. The molecule has 1 heterocycles. The van der Waals surface area contributed by atoms with E-state index in [4.69, 9.17) is 4.74 Å². The van der Waals surface area contributed by atoms with E-state index >= 15 is 0 Å². The average Bonchev–Trinajstić information content (AvgIpc) is 3.30. The quantitative estimate of drug-likeness (QED) is 0.505. The van der Waals surface area contributed by atoms with E-state index in [1.807, 2.05) is 0 Å². The summed E-state index contributed by atoms with van der Waals surface area (Å²) in [6.07, 6.45) is 5.48. The Kier molecular flexibility index (Phi) is 7.07. The normalized spacial score (nSPS) is 22.5. The third kappa shape index (κ3) is 7.53. The molecule has 1 amide bonds. The molecule has 1 aliphatic carbocycles. The minimum Gasteiger partial charge on any atom is -0.377 e. The number of hydrogen-bond acceptors (Lipinski definition) is 5. The van der Waals surface area contributed by atoms with Gasteiger partial charge in [-0.05, 0) is 44.6 Å². The molecule has 2 fully saturated rings. The van der Waals surface area contributed by atoms with Gasteiger partial charge in [0.1, 0.15) is 0 Å². The number of carbonyl (C=O) groups excluding carboxylic acids is 1. The second kappa shape index (κ2) is 8.81. The van der Waals surface area contributed by atoms with Crippen LogP contribution in [0.4, 0.5) is 0 Å². The lowest BCUT2D eigenvalue weighted by Gasteiger charge is -2.22. The van der Waals surface area contributed by atoms with Gasteiger partial charge in [0.2, 0.25) is 15.9 Å². The highest BCUT2D eigenvalue weighted by Gasteiger charge is 2.21. The fraction of sp³-hybridized carbons (Fsp3) is 0.929. The van der Waals surface area contributed by atoms with Gasteiger partial charge >= 0.3 is 0 Å². The van der Waals surface area contributed by atoms with Crippen LogP contribution in [0.1, 0.15) is 32.1 Å². The Morgan fingerprint density at radius 3 is 2.64 bits per heavy atom. The summed E-state index contributed by atoms with van der Waals surface area (Å²) in [5, 5.41) is 5.69. The minimum atomic E-state index is -3.37. The maximum absolute atomic E-state index is 11.8. The molecular weight excluding hydrogens is 306 g/mol. The summed E-state index contributed by atoms with van der Waals surface area (Å²) >= 11 is 0. The smallest absolute Gasteiger partial charge is 0.233 e. The van der Waals surface area contributed by atoms with Gasteiger partial charge in [0.15, 0.2) is 0 Å². The summed E-state index contributed by atoms with van der Waals surface area (Å²) in [6.45, 7) is 2.27. The Hall–Kier alpha value is -0.700. The van der Waals surface area contributed by atoms with Gasteiger partial charge < -0.3 is 15.4 Å². The van der Waals surface area contributed by atoms with E-state index < -0.39 is 10.0 Å². The molecule has 0 aromatic rings. The first-order valence-corrected chi connectivity index (χ1v) is 9.77. The summed E-state index contributed by atoms with van der Waals surface area (Å²) in [6, 6.07) is 0. The number of rotatable bonds is 10. The highest BCUT2D eigenvalue weighted by atomic mass is 32.2. The standard InChI is InChI=1S/C14H27N3O4S/c18-14(11-15-9-12-4-5-12)16-6-8-22(19,20)17-10-13-3-1-2-7-21-13/h12-13,15,17H,1-11H2,(H,16,18). The van der Waals surface area contributed by atoms with Gasteiger partial charge in [0, 0.05) is 19.7 Å². The van der Waals surface area contributed by atoms with Crippen molar-refractivity contribution in [3.05, 3.63) is 0 Å². The number of amides is 1. The van der Waals surface area contributed by atoms with Crippen molar-refractivity contribution >= 4 is 15.9 Å². The van der Waals surface area contributed by atoms with E-state index in [2.05, 4.69) is 15.4 Å². The highest BCUT2D eigenvalue weighted by Crippen LogP contribution is 2.27.